The van der Waals surface area contributed by atoms with Crippen LogP contribution in [0.15, 0.2) is 64.8 Å². The van der Waals surface area contributed by atoms with Crippen LogP contribution in [0.5, 0.6) is 0 Å². The first-order chi connectivity index (χ1) is 27.7. The second-order valence-corrected chi connectivity index (χ2v) is 20.3. The van der Waals surface area contributed by atoms with Crippen molar-refractivity contribution in [1.29, 1.82) is 0 Å². The summed E-state index contributed by atoms with van der Waals surface area (Å²) in [7, 11) is 0. The Labute approximate surface area is 339 Å². The van der Waals surface area contributed by atoms with Gasteiger partial charge in [-0.05, 0) is 99.1 Å². The minimum Gasteiger partial charge on any atom is -0.509 e. The number of aryl methyl sites for hydroxylation is 1. The molecule has 3 N–H and O–H groups in total. The molecule has 14 rings (SSSR count). The van der Waals surface area contributed by atoms with Gasteiger partial charge in [0.25, 0.3) is 0 Å². The molecule has 4 aliphatic carbocycles. The number of nitrogens with zero attached hydrogens (tertiary/aromatic N) is 2. The third-order valence-corrected chi connectivity index (χ3v) is 17.3. The van der Waals surface area contributed by atoms with E-state index in [4.69, 9.17) is 15.2 Å². The number of aliphatic hydroxyl groups is 1. The highest BCUT2D eigenvalue weighted by Crippen LogP contribution is 2.85. The molecule has 10 bridgehead atoms. The van der Waals surface area contributed by atoms with Crippen molar-refractivity contribution in [2.24, 2.45) is 52.1 Å². The predicted octanol–water partition coefficient (Wildman–Crippen LogP) is 8.63. The SMILES string of the molecule is CCCC1C23C=C4CCC2(C(=C(O)CC(CC2CCCCC2)N2CC5CC(C2)C2C=CC6=C(C4CC(C)C6)N2C5)OC3=O)C12OC(=O)c1c(CCCN)cccc12. The Hall–Kier alpha value is -3.36. The monoisotopic (exact) mass is 773 g/mol. The summed E-state index contributed by atoms with van der Waals surface area (Å²) in [5, 5.41) is 12.9. The van der Waals surface area contributed by atoms with Crippen molar-refractivity contribution in [3.63, 3.8) is 0 Å². The lowest BCUT2D eigenvalue weighted by molar-refractivity contribution is -0.272. The number of benzene rings is 1. The van der Waals surface area contributed by atoms with Gasteiger partial charge in [-0.15, -0.1) is 0 Å². The number of carbonyl (C=O) groups is 2. The first kappa shape index (κ1) is 36.7. The number of carbonyl (C=O) groups excluding carboxylic acids is 2. The quantitative estimate of drug-likeness (QED) is 0.210. The van der Waals surface area contributed by atoms with Crippen LogP contribution in [0.2, 0.25) is 0 Å². The van der Waals surface area contributed by atoms with E-state index in [2.05, 4.69) is 54.0 Å². The minimum absolute atomic E-state index is 0.150. The van der Waals surface area contributed by atoms with Gasteiger partial charge in [0.05, 0.1) is 17.0 Å². The van der Waals surface area contributed by atoms with Gasteiger partial charge in [-0.25, -0.2) is 4.79 Å². The van der Waals surface area contributed by atoms with Gasteiger partial charge >= 0.3 is 11.9 Å². The van der Waals surface area contributed by atoms with Crippen LogP contribution in [0.3, 0.4) is 0 Å². The molecule has 5 fully saturated rings. The van der Waals surface area contributed by atoms with E-state index in [0.717, 1.165) is 69.3 Å². The molecular weight excluding hydrogens is 711 g/mol. The van der Waals surface area contributed by atoms with Crippen LogP contribution in [0.25, 0.3) is 0 Å². The molecule has 13 aliphatic rings. The van der Waals surface area contributed by atoms with Crippen LogP contribution in [0.4, 0.5) is 0 Å². The highest BCUT2D eigenvalue weighted by Gasteiger charge is 2.91. The maximum absolute atomic E-state index is 15.3. The lowest BCUT2D eigenvalue weighted by Crippen LogP contribution is -2.75. The largest absolute Gasteiger partial charge is 0.509 e. The number of hydrogen-bond acceptors (Lipinski definition) is 8. The first-order valence-corrected chi connectivity index (χ1v) is 23.1. The van der Waals surface area contributed by atoms with Gasteiger partial charge in [-0.1, -0.05) is 94.4 Å². The fraction of sp³-hybridized carbons (Fsp3) is 0.673. The van der Waals surface area contributed by atoms with E-state index in [1.165, 1.54) is 55.4 Å². The number of hydrogen-bond donors (Lipinski definition) is 2. The summed E-state index contributed by atoms with van der Waals surface area (Å²) in [5.74, 6) is 2.28. The summed E-state index contributed by atoms with van der Waals surface area (Å²) >= 11 is 0. The molecule has 8 heteroatoms. The standard InChI is InChI=1S/C49H63N3O5/c1-3-9-41-47-25-34-17-18-48(47,49(41)38-14-7-12-32(13-8-19-50)42(38)45(54)57-49)44(56-46(47)55)40(53)24-36(23-30-10-5-4-6-11-30)51-26-31-22-35(28-51)39-16-15-33-20-29(2)21-37(34)43(33)52(39)27-31/h7,12,14-16,25,29-31,35-37,39,41,53H,3-6,8-11,13,17-24,26-28,50H2,1-2H3. The molecule has 11 atom stereocenters. The zero-order chi connectivity index (χ0) is 38.8. The number of esters is 2. The molecule has 1 aromatic carbocycles. The third kappa shape index (κ3) is 4.86. The zero-order valence-corrected chi connectivity index (χ0v) is 34.3. The smallest absolute Gasteiger partial charge is 0.339 e. The van der Waals surface area contributed by atoms with E-state index in [1.807, 2.05) is 6.07 Å². The Balaban J connectivity index is 1.14. The van der Waals surface area contributed by atoms with Crippen LogP contribution in [-0.4, -0.2) is 65.1 Å². The number of allylic oxidation sites excluding steroid dienone is 3. The van der Waals surface area contributed by atoms with E-state index in [-0.39, 0.29) is 35.6 Å². The summed E-state index contributed by atoms with van der Waals surface area (Å²) in [6.07, 6.45) is 23.1. The molecule has 9 heterocycles. The average molecular weight is 774 g/mol. The summed E-state index contributed by atoms with van der Waals surface area (Å²) < 4.78 is 13.7. The lowest BCUT2D eigenvalue weighted by Gasteiger charge is -2.69. The molecular formula is C49H63N3O5. The van der Waals surface area contributed by atoms with Crippen molar-refractivity contribution in [1.82, 2.24) is 9.80 Å². The summed E-state index contributed by atoms with van der Waals surface area (Å²) in [4.78, 5) is 35.4. The number of aliphatic hydroxyl groups excluding tert-OH is 1. The van der Waals surface area contributed by atoms with Gasteiger partial charge in [-0.3, -0.25) is 9.69 Å². The van der Waals surface area contributed by atoms with Crippen molar-refractivity contribution in [2.75, 3.05) is 26.2 Å². The van der Waals surface area contributed by atoms with Crippen LogP contribution in [0.1, 0.15) is 132 Å². The van der Waals surface area contributed by atoms with Crippen molar-refractivity contribution in [3.05, 3.63) is 81.5 Å². The number of fused-ring (bicyclic) bond motifs is 2. The van der Waals surface area contributed by atoms with Gasteiger partial charge in [0.1, 0.15) is 11.2 Å². The summed E-state index contributed by atoms with van der Waals surface area (Å²) in [6.45, 7) is 8.28. The zero-order valence-electron chi connectivity index (χ0n) is 34.3. The predicted molar refractivity (Wildman–Crippen MR) is 219 cm³/mol. The molecule has 0 aromatic heterocycles. The van der Waals surface area contributed by atoms with Crippen molar-refractivity contribution >= 4 is 11.9 Å². The Kier molecular flexibility index (Phi) is 8.58. The molecule has 3 saturated heterocycles. The maximum Gasteiger partial charge on any atom is 0.339 e. The molecule has 304 valence electrons. The third-order valence-electron chi connectivity index (χ3n) is 17.3. The summed E-state index contributed by atoms with van der Waals surface area (Å²) in [5.41, 5.74) is 9.70. The van der Waals surface area contributed by atoms with Gasteiger partial charge in [0.15, 0.2) is 11.4 Å². The maximum atomic E-state index is 15.3. The molecule has 11 unspecified atom stereocenters. The number of nitrogens with two attached hydrogens (primary N) is 1. The van der Waals surface area contributed by atoms with Crippen LogP contribution >= 0.6 is 0 Å². The molecule has 2 spiro atoms. The molecule has 8 nitrogen and oxygen atoms in total. The normalized spacial score (nSPS) is 41.5. The Bertz CT molecular complexity index is 2010. The number of ether oxygens (including phenoxy) is 2. The summed E-state index contributed by atoms with van der Waals surface area (Å²) in [6, 6.07) is 6.73. The molecule has 1 aromatic rings. The first-order valence-electron chi connectivity index (χ1n) is 23.1. The average Bonchev–Trinajstić information content (AvgIpc) is 3.67. The van der Waals surface area contributed by atoms with Crippen LogP contribution in [-0.2, 0) is 26.3 Å². The second kappa shape index (κ2) is 13.3. The van der Waals surface area contributed by atoms with E-state index < -0.39 is 16.4 Å². The van der Waals surface area contributed by atoms with Gasteiger partial charge < -0.3 is 25.2 Å². The highest BCUT2D eigenvalue weighted by molar-refractivity contribution is 5.99. The number of rotatable bonds is 7. The topological polar surface area (TPSA) is 105 Å². The minimum atomic E-state index is -1.11. The molecule has 9 aliphatic heterocycles. The van der Waals surface area contributed by atoms with E-state index in [0.29, 0.717) is 73.3 Å². The van der Waals surface area contributed by atoms with Crippen LogP contribution < -0.4 is 5.73 Å². The fourth-order valence-corrected chi connectivity index (χ4v) is 15.3. The molecule has 0 radical (unpaired) electrons. The van der Waals surface area contributed by atoms with E-state index in [9.17, 15) is 9.90 Å². The Morgan fingerprint density at radius 3 is 2.74 bits per heavy atom. The van der Waals surface area contributed by atoms with E-state index in [1.54, 1.807) is 0 Å². The highest BCUT2D eigenvalue weighted by atomic mass is 16.6. The van der Waals surface area contributed by atoms with Gasteiger partial charge in [-0.2, -0.15) is 0 Å². The Morgan fingerprint density at radius 1 is 1.05 bits per heavy atom. The lowest BCUT2D eigenvalue weighted by atomic mass is 9.31. The molecule has 0 amide bonds. The van der Waals surface area contributed by atoms with Gasteiger partial charge in [0, 0.05) is 55.2 Å². The fourth-order valence-electron chi connectivity index (χ4n) is 15.3. The van der Waals surface area contributed by atoms with Gasteiger partial charge in [0.2, 0.25) is 0 Å². The van der Waals surface area contributed by atoms with Crippen molar-refractivity contribution in [3.8, 4) is 0 Å². The van der Waals surface area contributed by atoms with E-state index >= 15 is 4.79 Å². The number of piperidine rings is 2. The molecule has 2 saturated carbocycles. The van der Waals surface area contributed by atoms with Crippen molar-refractivity contribution in [2.45, 2.75) is 134 Å². The van der Waals surface area contributed by atoms with Crippen LogP contribution in [0, 0.1) is 46.3 Å². The van der Waals surface area contributed by atoms with Crippen molar-refractivity contribution < 1.29 is 24.2 Å². The second-order valence-electron chi connectivity index (χ2n) is 20.3. The Morgan fingerprint density at radius 2 is 1.91 bits per heavy atom. The molecule has 57 heavy (non-hydrogen) atoms.